The lowest BCUT2D eigenvalue weighted by Gasteiger charge is -2.35. The second kappa shape index (κ2) is 11.0. The van der Waals surface area contributed by atoms with Crippen LogP contribution in [0.2, 0.25) is 0 Å². The molecule has 1 heterocycles. The van der Waals surface area contributed by atoms with Gasteiger partial charge >= 0.3 is 0 Å². The minimum Gasteiger partial charge on any atom is -0.389 e. The maximum Gasteiger partial charge on any atom is 0.0900 e. The molecule has 1 aliphatic heterocycles. The Labute approximate surface area is 136 Å². The number of piperazine rings is 1. The molecule has 1 fully saturated rings. The first kappa shape index (κ1) is 22.7. The standard InChI is InChI=1S/C14H30N2O2.2ClH/c1-5-14(3,4)18-12-13(17)11-16-9-7-15(6-2)8-10-16;;/h13,17H,5-12H2,1-4H3;2*1H. The summed E-state index contributed by atoms with van der Waals surface area (Å²) in [5.74, 6) is 0. The fraction of sp³-hybridized carbons (Fsp3) is 1.00. The molecular weight excluding hydrogens is 299 g/mol. The van der Waals surface area contributed by atoms with E-state index in [0.717, 1.165) is 45.7 Å². The van der Waals surface area contributed by atoms with Crippen LogP contribution >= 0.6 is 24.8 Å². The summed E-state index contributed by atoms with van der Waals surface area (Å²) in [7, 11) is 0. The van der Waals surface area contributed by atoms with Gasteiger partial charge in [-0.25, -0.2) is 0 Å². The maximum atomic E-state index is 10.0. The van der Waals surface area contributed by atoms with Crippen molar-refractivity contribution in [1.82, 2.24) is 9.80 Å². The van der Waals surface area contributed by atoms with Crippen LogP contribution in [0.4, 0.5) is 0 Å². The summed E-state index contributed by atoms with van der Waals surface area (Å²) in [6.45, 7) is 15.1. The predicted octanol–water partition coefficient (Wildman–Crippen LogP) is 2.03. The van der Waals surface area contributed by atoms with E-state index in [0.29, 0.717) is 6.61 Å². The maximum absolute atomic E-state index is 10.0. The molecule has 1 rings (SSSR count). The molecule has 0 radical (unpaired) electrons. The van der Waals surface area contributed by atoms with Crippen LogP contribution in [0, 0.1) is 0 Å². The van der Waals surface area contributed by atoms with Gasteiger partial charge in [-0.15, -0.1) is 24.8 Å². The van der Waals surface area contributed by atoms with Crippen molar-refractivity contribution in [2.45, 2.75) is 45.8 Å². The van der Waals surface area contributed by atoms with E-state index >= 15 is 0 Å². The Morgan fingerprint density at radius 1 is 1.05 bits per heavy atom. The van der Waals surface area contributed by atoms with E-state index < -0.39 is 0 Å². The Morgan fingerprint density at radius 3 is 2.00 bits per heavy atom. The van der Waals surface area contributed by atoms with E-state index in [9.17, 15) is 5.11 Å². The van der Waals surface area contributed by atoms with E-state index in [2.05, 4.69) is 37.5 Å². The summed E-state index contributed by atoms with van der Waals surface area (Å²) in [5, 5.41) is 10.0. The third-order valence-electron chi connectivity index (χ3n) is 3.90. The van der Waals surface area contributed by atoms with Crippen LogP contribution < -0.4 is 0 Å². The third kappa shape index (κ3) is 8.65. The zero-order chi connectivity index (χ0) is 13.6. The van der Waals surface area contributed by atoms with Gasteiger partial charge < -0.3 is 14.7 Å². The third-order valence-corrected chi connectivity index (χ3v) is 3.90. The highest BCUT2D eigenvalue weighted by Crippen LogP contribution is 2.14. The van der Waals surface area contributed by atoms with Crippen molar-refractivity contribution in [1.29, 1.82) is 0 Å². The van der Waals surface area contributed by atoms with Crippen molar-refractivity contribution in [2.24, 2.45) is 0 Å². The van der Waals surface area contributed by atoms with Gasteiger partial charge in [0.15, 0.2) is 0 Å². The number of likely N-dealkylation sites (N-methyl/N-ethyl adjacent to an activating group) is 1. The summed E-state index contributed by atoms with van der Waals surface area (Å²) in [5.41, 5.74) is -0.123. The SMILES string of the molecule is CCN1CCN(CC(O)COC(C)(C)CC)CC1.Cl.Cl. The number of hydrogen-bond donors (Lipinski definition) is 1. The lowest BCUT2D eigenvalue weighted by molar-refractivity contribution is -0.0691. The van der Waals surface area contributed by atoms with Gasteiger partial charge in [0.2, 0.25) is 0 Å². The predicted molar refractivity (Wildman–Crippen MR) is 89.4 cm³/mol. The number of aliphatic hydroxyl groups excluding tert-OH is 1. The van der Waals surface area contributed by atoms with Gasteiger partial charge in [-0.1, -0.05) is 13.8 Å². The lowest BCUT2D eigenvalue weighted by Crippen LogP contribution is -2.49. The number of β-amino-alcohol motifs (C(OH)–C–C–N with tert-alkyl or cyclic N) is 1. The number of ether oxygens (including phenoxy) is 1. The summed E-state index contributed by atoms with van der Waals surface area (Å²) < 4.78 is 5.74. The van der Waals surface area contributed by atoms with Gasteiger partial charge in [0.25, 0.3) is 0 Å². The van der Waals surface area contributed by atoms with E-state index in [-0.39, 0.29) is 36.5 Å². The van der Waals surface area contributed by atoms with Crippen molar-refractivity contribution in [3.8, 4) is 0 Å². The first-order chi connectivity index (χ1) is 8.46. The van der Waals surface area contributed by atoms with Crippen LogP contribution in [0.1, 0.15) is 34.1 Å². The molecule has 0 aliphatic carbocycles. The average molecular weight is 331 g/mol. The van der Waals surface area contributed by atoms with Crippen molar-refractivity contribution < 1.29 is 9.84 Å². The van der Waals surface area contributed by atoms with Crippen molar-refractivity contribution >= 4 is 24.8 Å². The number of nitrogens with zero attached hydrogens (tertiary/aromatic N) is 2. The molecular formula is C14H32Cl2N2O2. The Kier molecular flexibility index (Phi) is 12.5. The Balaban J connectivity index is 0. The monoisotopic (exact) mass is 330 g/mol. The van der Waals surface area contributed by atoms with Crippen molar-refractivity contribution in [2.75, 3.05) is 45.9 Å². The average Bonchev–Trinajstić information content (AvgIpc) is 2.37. The largest absolute Gasteiger partial charge is 0.389 e. The van der Waals surface area contributed by atoms with Gasteiger partial charge in [0.05, 0.1) is 18.3 Å². The quantitative estimate of drug-likeness (QED) is 0.774. The molecule has 0 aromatic carbocycles. The fourth-order valence-corrected chi connectivity index (χ4v) is 2.06. The number of halogens is 2. The molecule has 20 heavy (non-hydrogen) atoms. The highest BCUT2D eigenvalue weighted by atomic mass is 35.5. The van der Waals surface area contributed by atoms with Gasteiger partial charge in [-0.2, -0.15) is 0 Å². The molecule has 0 bridgehead atoms. The molecule has 4 nitrogen and oxygen atoms in total. The number of hydrogen-bond acceptors (Lipinski definition) is 4. The number of aliphatic hydroxyl groups is 1. The minimum atomic E-state index is -0.371. The molecule has 124 valence electrons. The van der Waals surface area contributed by atoms with Crippen LogP contribution in [-0.2, 0) is 4.74 Å². The molecule has 0 spiro atoms. The van der Waals surface area contributed by atoms with Crippen LogP contribution in [0.25, 0.3) is 0 Å². The first-order valence-electron chi connectivity index (χ1n) is 7.23. The van der Waals surface area contributed by atoms with Crippen LogP contribution in [0.3, 0.4) is 0 Å². The van der Waals surface area contributed by atoms with Crippen molar-refractivity contribution in [3.05, 3.63) is 0 Å². The Bertz CT molecular complexity index is 235. The fourth-order valence-electron chi connectivity index (χ4n) is 2.06. The molecule has 6 heteroatoms. The van der Waals surface area contributed by atoms with E-state index in [1.165, 1.54) is 0 Å². The number of rotatable bonds is 7. The minimum absolute atomic E-state index is 0. The Morgan fingerprint density at radius 2 is 1.55 bits per heavy atom. The van der Waals surface area contributed by atoms with E-state index in [4.69, 9.17) is 4.74 Å². The zero-order valence-corrected chi connectivity index (χ0v) is 14.9. The highest BCUT2D eigenvalue weighted by molar-refractivity contribution is 5.85. The molecule has 0 saturated carbocycles. The molecule has 1 saturated heterocycles. The Hall–Kier alpha value is 0.420. The van der Waals surface area contributed by atoms with E-state index in [1.54, 1.807) is 0 Å². The molecule has 1 atom stereocenters. The van der Waals surface area contributed by atoms with Crippen molar-refractivity contribution in [3.63, 3.8) is 0 Å². The van der Waals surface area contributed by atoms with Crippen LogP contribution in [0.5, 0.6) is 0 Å². The molecule has 0 aromatic rings. The summed E-state index contributed by atoms with van der Waals surface area (Å²) in [6.07, 6.45) is 0.596. The van der Waals surface area contributed by atoms with Gasteiger partial charge in [-0.05, 0) is 26.8 Å². The molecule has 1 unspecified atom stereocenters. The summed E-state index contributed by atoms with van der Waals surface area (Å²) in [4.78, 5) is 4.78. The topological polar surface area (TPSA) is 35.9 Å². The van der Waals surface area contributed by atoms with Gasteiger partial charge in [0.1, 0.15) is 0 Å². The molecule has 0 aromatic heterocycles. The normalized spacial score (nSPS) is 19.1. The van der Waals surface area contributed by atoms with Gasteiger partial charge in [0, 0.05) is 32.7 Å². The molecule has 1 aliphatic rings. The second-order valence-corrected chi connectivity index (χ2v) is 5.81. The molecule has 0 amide bonds. The summed E-state index contributed by atoms with van der Waals surface area (Å²) in [6, 6.07) is 0. The molecule has 1 N–H and O–H groups in total. The first-order valence-corrected chi connectivity index (χ1v) is 7.23. The van der Waals surface area contributed by atoms with Gasteiger partial charge in [-0.3, -0.25) is 4.90 Å². The van der Waals surface area contributed by atoms with E-state index in [1.807, 2.05) is 0 Å². The van der Waals surface area contributed by atoms with Crippen LogP contribution in [0.15, 0.2) is 0 Å². The smallest absolute Gasteiger partial charge is 0.0900 e. The lowest BCUT2D eigenvalue weighted by atomic mass is 10.1. The summed E-state index contributed by atoms with van der Waals surface area (Å²) >= 11 is 0. The van der Waals surface area contributed by atoms with Crippen LogP contribution in [-0.4, -0.2) is 72.5 Å². The highest BCUT2D eigenvalue weighted by Gasteiger charge is 2.21. The second-order valence-electron chi connectivity index (χ2n) is 5.81. The zero-order valence-electron chi connectivity index (χ0n) is 13.3.